The Morgan fingerprint density at radius 2 is 1.79 bits per heavy atom. The molecule has 3 aromatic rings. The zero-order valence-electron chi connectivity index (χ0n) is 16.2. The lowest BCUT2D eigenvalue weighted by Gasteiger charge is -2.05. The van der Waals surface area contributed by atoms with Crippen molar-refractivity contribution >= 4 is 34.5 Å². The molecule has 0 radical (unpaired) electrons. The summed E-state index contributed by atoms with van der Waals surface area (Å²) in [6.45, 7) is 7.00. The Morgan fingerprint density at radius 3 is 2.46 bits per heavy atom. The Bertz CT molecular complexity index is 978. The lowest BCUT2D eigenvalue weighted by Crippen LogP contribution is -2.29. The van der Waals surface area contributed by atoms with Crippen LogP contribution in [-0.4, -0.2) is 29.9 Å². The van der Waals surface area contributed by atoms with E-state index in [4.69, 9.17) is 0 Å². The van der Waals surface area contributed by atoms with E-state index >= 15 is 0 Å². The Balaban J connectivity index is 1.52. The number of thiazole rings is 1. The zero-order valence-corrected chi connectivity index (χ0v) is 17.8. The smallest absolute Gasteiger partial charge is 0.263 e. The summed E-state index contributed by atoms with van der Waals surface area (Å²) in [5, 5.41) is 8.51. The van der Waals surface area contributed by atoms with Gasteiger partial charge in [0.25, 0.3) is 11.8 Å². The van der Waals surface area contributed by atoms with Gasteiger partial charge in [-0.2, -0.15) is 0 Å². The number of aryl methyl sites for hydroxylation is 3. The first-order valence-corrected chi connectivity index (χ1v) is 10.8. The van der Waals surface area contributed by atoms with Gasteiger partial charge < -0.3 is 10.6 Å². The number of hydrogen-bond acceptors (Lipinski definition) is 5. The van der Waals surface area contributed by atoms with Crippen LogP contribution in [0.2, 0.25) is 0 Å². The number of carbonyl (C=O) groups is 2. The molecule has 0 aliphatic carbocycles. The molecule has 28 heavy (non-hydrogen) atoms. The highest BCUT2D eigenvalue weighted by Crippen LogP contribution is 2.30. The number of amides is 2. The molecular weight excluding hydrogens is 390 g/mol. The molecule has 2 amide bonds. The van der Waals surface area contributed by atoms with Crippen LogP contribution in [0.5, 0.6) is 0 Å². The second-order valence-electron chi connectivity index (χ2n) is 6.59. The van der Waals surface area contributed by atoms with Gasteiger partial charge in [0.15, 0.2) is 0 Å². The molecule has 0 fully saturated rings. The van der Waals surface area contributed by atoms with E-state index in [1.54, 1.807) is 6.07 Å². The molecule has 0 spiro atoms. The maximum absolute atomic E-state index is 12.5. The normalized spacial score (nSPS) is 10.7. The van der Waals surface area contributed by atoms with Gasteiger partial charge in [0.2, 0.25) is 0 Å². The molecule has 2 heterocycles. The molecule has 0 aliphatic heterocycles. The summed E-state index contributed by atoms with van der Waals surface area (Å²) >= 11 is 2.83. The standard InChI is InChI=1S/C21H23N3O2S2/c1-13-7-8-16(14(2)12-13)21-24-15(3)18(28-21)20(26)23-10-5-9-22-19(25)17-6-4-11-27-17/h4,6-8,11-12H,5,9-10H2,1-3H3,(H,22,25)(H,23,26). The maximum atomic E-state index is 12.5. The van der Waals surface area contributed by atoms with E-state index in [1.165, 1.54) is 28.2 Å². The third-order valence-electron chi connectivity index (χ3n) is 4.28. The van der Waals surface area contributed by atoms with Crippen LogP contribution in [-0.2, 0) is 0 Å². The van der Waals surface area contributed by atoms with Gasteiger partial charge in [-0.25, -0.2) is 4.98 Å². The summed E-state index contributed by atoms with van der Waals surface area (Å²) in [6, 6.07) is 9.88. The van der Waals surface area contributed by atoms with E-state index in [0.29, 0.717) is 29.3 Å². The van der Waals surface area contributed by atoms with Gasteiger partial charge in [-0.1, -0.05) is 29.8 Å². The molecule has 0 atom stereocenters. The van der Waals surface area contributed by atoms with Gasteiger partial charge in [-0.3, -0.25) is 9.59 Å². The summed E-state index contributed by atoms with van der Waals surface area (Å²) < 4.78 is 0. The molecule has 146 valence electrons. The summed E-state index contributed by atoms with van der Waals surface area (Å²) in [6.07, 6.45) is 0.671. The van der Waals surface area contributed by atoms with Crippen molar-refractivity contribution in [2.24, 2.45) is 0 Å². The Hall–Kier alpha value is -2.51. The quantitative estimate of drug-likeness (QED) is 0.566. The number of nitrogens with zero attached hydrogens (tertiary/aromatic N) is 1. The van der Waals surface area contributed by atoms with Crippen molar-refractivity contribution in [3.05, 3.63) is 62.3 Å². The lowest BCUT2D eigenvalue weighted by atomic mass is 10.1. The van der Waals surface area contributed by atoms with Crippen LogP contribution in [0.3, 0.4) is 0 Å². The molecule has 1 aromatic carbocycles. The van der Waals surface area contributed by atoms with Gasteiger partial charge >= 0.3 is 0 Å². The van der Waals surface area contributed by atoms with Crippen LogP contribution in [0.15, 0.2) is 35.7 Å². The molecule has 5 nitrogen and oxygen atoms in total. The van der Waals surface area contributed by atoms with E-state index in [1.807, 2.05) is 18.4 Å². The average molecular weight is 414 g/mol. The summed E-state index contributed by atoms with van der Waals surface area (Å²) in [5.74, 6) is -0.187. The van der Waals surface area contributed by atoms with E-state index in [9.17, 15) is 9.59 Å². The Kier molecular flexibility index (Phi) is 6.59. The van der Waals surface area contributed by atoms with Gasteiger partial charge in [0, 0.05) is 18.7 Å². The lowest BCUT2D eigenvalue weighted by molar-refractivity contribution is 0.0955. The first-order valence-electron chi connectivity index (χ1n) is 9.10. The van der Waals surface area contributed by atoms with Gasteiger partial charge in [0.05, 0.1) is 10.6 Å². The van der Waals surface area contributed by atoms with E-state index in [2.05, 4.69) is 47.7 Å². The molecule has 0 saturated heterocycles. The van der Waals surface area contributed by atoms with Crippen molar-refractivity contribution in [1.82, 2.24) is 15.6 Å². The highest BCUT2D eigenvalue weighted by Gasteiger charge is 2.17. The van der Waals surface area contributed by atoms with Gasteiger partial charge in [-0.05, 0) is 44.2 Å². The van der Waals surface area contributed by atoms with Gasteiger partial charge in [0.1, 0.15) is 9.88 Å². The van der Waals surface area contributed by atoms with E-state index < -0.39 is 0 Å². The molecule has 0 unspecified atom stereocenters. The number of aromatic nitrogens is 1. The minimum atomic E-state index is -0.115. The number of rotatable bonds is 7. The third kappa shape index (κ3) is 4.85. The monoisotopic (exact) mass is 413 g/mol. The third-order valence-corrected chi connectivity index (χ3v) is 6.34. The van der Waals surface area contributed by atoms with E-state index in [-0.39, 0.29) is 11.8 Å². The van der Waals surface area contributed by atoms with Crippen LogP contribution in [0, 0.1) is 20.8 Å². The van der Waals surface area contributed by atoms with Crippen LogP contribution < -0.4 is 10.6 Å². The van der Waals surface area contributed by atoms with Crippen molar-refractivity contribution in [2.75, 3.05) is 13.1 Å². The van der Waals surface area contributed by atoms with Crippen molar-refractivity contribution < 1.29 is 9.59 Å². The predicted molar refractivity (Wildman–Crippen MR) is 115 cm³/mol. The van der Waals surface area contributed by atoms with Crippen molar-refractivity contribution in [3.63, 3.8) is 0 Å². The molecule has 3 rings (SSSR count). The first kappa shape index (κ1) is 20.2. The van der Waals surface area contributed by atoms with Crippen molar-refractivity contribution in [2.45, 2.75) is 27.2 Å². The Morgan fingerprint density at radius 1 is 1.04 bits per heavy atom. The summed E-state index contributed by atoms with van der Waals surface area (Å²) in [7, 11) is 0. The fourth-order valence-electron chi connectivity index (χ4n) is 2.84. The average Bonchev–Trinajstić information content (AvgIpc) is 3.31. The van der Waals surface area contributed by atoms with Crippen LogP contribution in [0.25, 0.3) is 10.6 Å². The number of carbonyl (C=O) groups excluding carboxylic acids is 2. The fourth-order valence-corrected chi connectivity index (χ4v) is 4.56. The minimum Gasteiger partial charge on any atom is -0.351 e. The van der Waals surface area contributed by atoms with Crippen molar-refractivity contribution in [3.8, 4) is 10.6 Å². The fraction of sp³-hybridized carbons (Fsp3) is 0.286. The molecular formula is C21H23N3O2S2. The SMILES string of the molecule is Cc1ccc(-c2nc(C)c(C(=O)NCCCNC(=O)c3cccs3)s2)c(C)c1. The zero-order chi connectivity index (χ0) is 20.1. The van der Waals surface area contributed by atoms with Crippen LogP contribution >= 0.6 is 22.7 Å². The first-order chi connectivity index (χ1) is 13.5. The number of thiophene rings is 1. The second-order valence-corrected chi connectivity index (χ2v) is 8.54. The Labute approximate surface area is 172 Å². The van der Waals surface area contributed by atoms with Gasteiger partial charge in [-0.15, -0.1) is 22.7 Å². The number of hydrogen-bond donors (Lipinski definition) is 2. The molecule has 0 aliphatic rings. The van der Waals surface area contributed by atoms with E-state index in [0.717, 1.165) is 21.8 Å². The number of benzene rings is 1. The molecule has 0 bridgehead atoms. The topological polar surface area (TPSA) is 71.1 Å². The predicted octanol–water partition coefficient (Wildman–Crippen LogP) is 4.35. The summed E-state index contributed by atoms with van der Waals surface area (Å²) in [5.41, 5.74) is 4.17. The van der Waals surface area contributed by atoms with Crippen LogP contribution in [0.1, 0.15) is 42.6 Å². The molecule has 2 N–H and O–H groups in total. The molecule has 7 heteroatoms. The molecule has 2 aromatic heterocycles. The second kappa shape index (κ2) is 9.12. The van der Waals surface area contributed by atoms with Crippen molar-refractivity contribution in [1.29, 1.82) is 0 Å². The number of nitrogens with one attached hydrogen (secondary N) is 2. The highest BCUT2D eigenvalue weighted by molar-refractivity contribution is 7.17. The maximum Gasteiger partial charge on any atom is 0.263 e. The summed E-state index contributed by atoms with van der Waals surface area (Å²) in [4.78, 5) is 30.3. The van der Waals surface area contributed by atoms with Crippen LogP contribution in [0.4, 0.5) is 0 Å². The highest BCUT2D eigenvalue weighted by atomic mass is 32.1. The molecule has 0 saturated carbocycles. The largest absolute Gasteiger partial charge is 0.351 e. The minimum absolute atomic E-state index is 0.0715.